The molecule has 22 heavy (non-hydrogen) atoms. The largest absolute Gasteiger partial charge is 0.515 e. The third-order valence-electron chi connectivity index (χ3n) is 3.81. The van der Waals surface area contributed by atoms with Crippen molar-refractivity contribution in [1.82, 2.24) is 0 Å². The molecule has 0 radical (unpaired) electrons. The van der Waals surface area contributed by atoms with Crippen molar-refractivity contribution in [3.8, 4) is 0 Å². The molecule has 1 atom stereocenters. The second-order valence-corrected chi connectivity index (χ2v) is 7.22. The summed E-state index contributed by atoms with van der Waals surface area (Å²) in [5.74, 6) is 0.0347. The summed E-state index contributed by atoms with van der Waals surface area (Å²) in [6.07, 6.45) is 8.05. The van der Waals surface area contributed by atoms with E-state index in [0.29, 0.717) is 12.3 Å². The van der Waals surface area contributed by atoms with Crippen molar-refractivity contribution in [3.05, 3.63) is 58.2 Å². The SMILES string of the molecule is N#[N+]/C(=C(\O)CCC1CC=CCC1)S(=O)(=O)c1ccccc1. The summed E-state index contributed by atoms with van der Waals surface area (Å²) in [6.45, 7) is 0. The van der Waals surface area contributed by atoms with Crippen molar-refractivity contribution in [2.24, 2.45) is 5.92 Å². The molecule has 0 aliphatic heterocycles. The fraction of sp³-hybridized carbons (Fsp3) is 0.375. The van der Waals surface area contributed by atoms with Crippen molar-refractivity contribution >= 4 is 9.84 Å². The van der Waals surface area contributed by atoms with Crippen LogP contribution in [0.1, 0.15) is 32.1 Å². The van der Waals surface area contributed by atoms with Crippen LogP contribution in [0.15, 0.2) is 58.2 Å². The number of hydrogen-bond donors (Lipinski definition) is 1. The predicted molar refractivity (Wildman–Crippen MR) is 84.1 cm³/mol. The molecule has 0 fully saturated rings. The molecule has 2 rings (SSSR count). The van der Waals surface area contributed by atoms with E-state index in [4.69, 9.17) is 5.39 Å². The molecular weight excluding hydrogens is 300 g/mol. The van der Waals surface area contributed by atoms with E-state index in [9.17, 15) is 13.5 Å². The van der Waals surface area contributed by atoms with E-state index in [0.717, 1.165) is 19.3 Å². The van der Waals surface area contributed by atoms with E-state index in [-0.39, 0.29) is 17.1 Å². The lowest BCUT2D eigenvalue weighted by molar-refractivity contribution is 0.351. The first-order valence-electron chi connectivity index (χ1n) is 7.28. The number of aliphatic hydroxyl groups is 1. The van der Waals surface area contributed by atoms with Gasteiger partial charge in [0.15, 0.2) is 4.98 Å². The van der Waals surface area contributed by atoms with Gasteiger partial charge >= 0.3 is 5.03 Å². The highest BCUT2D eigenvalue weighted by Gasteiger charge is 2.37. The van der Waals surface area contributed by atoms with Crippen molar-refractivity contribution in [1.29, 1.82) is 5.39 Å². The third kappa shape index (κ3) is 3.74. The molecule has 1 aliphatic rings. The first-order chi connectivity index (χ1) is 10.6. The van der Waals surface area contributed by atoms with E-state index >= 15 is 0 Å². The molecule has 5 nitrogen and oxygen atoms in total. The minimum atomic E-state index is -4.00. The Kier molecular flexibility index (Phi) is 5.34. The van der Waals surface area contributed by atoms with Crippen LogP contribution in [0.4, 0.5) is 0 Å². The molecule has 0 heterocycles. The second-order valence-electron chi connectivity index (χ2n) is 5.36. The predicted octanol–water partition coefficient (Wildman–Crippen LogP) is 4.18. The lowest BCUT2D eigenvalue weighted by atomic mass is 9.90. The average Bonchev–Trinajstić information content (AvgIpc) is 2.55. The van der Waals surface area contributed by atoms with Crippen molar-refractivity contribution in [2.45, 2.75) is 37.0 Å². The quantitative estimate of drug-likeness (QED) is 0.501. The van der Waals surface area contributed by atoms with Gasteiger partial charge in [-0.15, -0.1) is 0 Å². The standard InChI is InChI=1S/C16H18N2O3S/c17-18-16(22(20,21)14-9-5-2-6-10-14)15(19)12-11-13-7-3-1-4-8-13/h1-3,5-6,9-10,13H,4,7-8,11-12H2/p+1/b16-15+. The number of diazo groups is 1. The van der Waals surface area contributed by atoms with Crippen molar-refractivity contribution in [3.63, 3.8) is 0 Å². The van der Waals surface area contributed by atoms with E-state index in [2.05, 4.69) is 17.1 Å². The van der Waals surface area contributed by atoms with Crippen LogP contribution >= 0.6 is 0 Å². The van der Waals surface area contributed by atoms with Gasteiger partial charge in [-0.25, -0.2) is 8.42 Å². The lowest BCUT2D eigenvalue weighted by Gasteiger charge is -2.16. The van der Waals surface area contributed by atoms with Gasteiger partial charge in [0.1, 0.15) is 0 Å². The molecule has 0 aromatic heterocycles. The summed E-state index contributed by atoms with van der Waals surface area (Å²) in [4.78, 5) is 2.82. The molecule has 1 aromatic rings. The number of hydrogen-bond acceptors (Lipinski definition) is 4. The van der Waals surface area contributed by atoms with Crippen LogP contribution < -0.4 is 0 Å². The molecular formula is C16H19N2O3S+. The first-order valence-corrected chi connectivity index (χ1v) is 8.76. The van der Waals surface area contributed by atoms with Gasteiger partial charge < -0.3 is 5.11 Å². The average molecular weight is 319 g/mol. The number of aliphatic hydroxyl groups excluding tert-OH is 1. The number of nitrogens with zero attached hydrogens (tertiary/aromatic N) is 2. The number of sulfone groups is 1. The molecule has 1 aromatic carbocycles. The topological polar surface area (TPSA) is 82.5 Å². The number of allylic oxidation sites excluding steroid dienone is 3. The fourth-order valence-corrected chi connectivity index (χ4v) is 3.80. The van der Waals surface area contributed by atoms with Gasteiger partial charge in [0.25, 0.3) is 9.84 Å². The monoisotopic (exact) mass is 319 g/mol. The second kappa shape index (κ2) is 7.23. The molecule has 6 heteroatoms. The van der Waals surface area contributed by atoms with Gasteiger partial charge in [0, 0.05) is 6.42 Å². The highest BCUT2D eigenvalue weighted by Crippen LogP contribution is 2.28. The zero-order valence-electron chi connectivity index (χ0n) is 12.2. The minimum Gasteiger partial charge on any atom is -0.504 e. The molecule has 1 N–H and O–H groups in total. The minimum absolute atomic E-state index is 0.00468. The maximum Gasteiger partial charge on any atom is 0.515 e. The van der Waals surface area contributed by atoms with Crippen LogP contribution in [0.25, 0.3) is 4.98 Å². The summed E-state index contributed by atoms with van der Waals surface area (Å²) in [5, 5.41) is 18.5. The molecule has 0 spiro atoms. The Hall–Kier alpha value is -2.13. The van der Waals surface area contributed by atoms with Crippen molar-refractivity contribution < 1.29 is 13.5 Å². The summed E-state index contributed by atoms with van der Waals surface area (Å²) in [6, 6.07) is 7.65. The summed E-state index contributed by atoms with van der Waals surface area (Å²) in [7, 11) is -4.00. The van der Waals surface area contributed by atoms with Gasteiger partial charge in [-0.2, -0.15) is 0 Å². The highest BCUT2D eigenvalue weighted by atomic mass is 32.2. The van der Waals surface area contributed by atoms with Crippen LogP contribution in [-0.4, -0.2) is 13.5 Å². The van der Waals surface area contributed by atoms with Crippen LogP contribution in [-0.2, 0) is 9.84 Å². The van der Waals surface area contributed by atoms with E-state index < -0.39 is 14.9 Å². The number of benzene rings is 1. The van der Waals surface area contributed by atoms with Crippen LogP contribution in [0.2, 0.25) is 0 Å². The molecule has 0 saturated heterocycles. The maximum atomic E-state index is 12.4. The van der Waals surface area contributed by atoms with Gasteiger partial charge in [-0.1, -0.05) is 30.4 Å². The zero-order chi connectivity index (χ0) is 16.0. The Morgan fingerprint density at radius 2 is 2.00 bits per heavy atom. The normalized spacial score (nSPS) is 19.3. The maximum absolute atomic E-state index is 12.4. The number of rotatable bonds is 5. The fourth-order valence-electron chi connectivity index (χ4n) is 2.54. The Morgan fingerprint density at radius 3 is 2.59 bits per heavy atom. The van der Waals surface area contributed by atoms with E-state index in [1.165, 1.54) is 12.1 Å². The van der Waals surface area contributed by atoms with Crippen molar-refractivity contribution in [2.75, 3.05) is 0 Å². The highest BCUT2D eigenvalue weighted by molar-refractivity contribution is 7.95. The third-order valence-corrected chi connectivity index (χ3v) is 5.53. The molecule has 1 unspecified atom stereocenters. The summed E-state index contributed by atoms with van der Waals surface area (Å²) >= 11 is 0. The summed E-state index contributed by atoms with van der Waals surface area (Å²) < 4.78 is 24.7. The Morgan fingerprint density at radius 1 is 1.27 bits per heavy atom. The van der Waals surface area contributed by atoms with E-state index in [1.807, 2.05) is 0 Å². The molecule has 0 bridgehead atoms. The Balaban J connectivity index is 2.18. The van der Waals surface area contributed by atoms with E-state index in [1.54, 1.807) is 18.2 Å². The molecule has 0 amide bonds. The Labute approximate surface area is 130 Å². The lowest BCUT2D eigenvalue weighted by Crippen LogP contribution is -2.07. The Bertz CT molecular complexity index is 716. The van der Waals surface area contributed by atoms with Crippen LogP contribution in [0, 0.1) is 11.3 Å². The first kappa shape index (κ1) is 16.2. The molecule has 116 valence electrons. The van der Waals surface area contributed by atoms with Crippen LogP contribution in [0.3, 0.4) is 0 Å². The van der Waals surface area contributed by atoms with Gasteiger partial charge in [-0.05, 0) is 43.7 Å². The van der Waals surface area contributed by atoms with Gasteiger partial charge in [-0.3, -0.25) is 0 Å². The smallest absolute Gasteiger partial charge is 0.504 e. The summed E-state index contributed by atoms with van der Waals surface area (Å²) in [5.41, 5.74) is 0. The van der Waals surface area contributed by atoms with Crippen LogP contribution in [0.5, 0.6) is 0 Å². The van der Waals surface area contributed by atoms with Gasteiger partial charge in [0.2, 0.25) is 11.2 Å². The molecule has 0 saturated carbocycles. The zero-order valence-corrected chi connectivity index (χ0v) is 13.0. The van der Waals surface area contributed by atoms with Gasteiger partial charge in [0.05, 0.1) is 4.90 Å². The molecule has 1 aliphatic carbocycles.